The molecule has 0 aromatic carbocycles. The Morgan fingerprint density at radius 2 is 1.86 bits per heavy atom. The summed E-state index contributed by atoms with van der Waals surface area (Å²) in [5.74, 6) is 1.91. The quantitative estimate of drug-likeness (QED) is 0.730. The minimum Gasteiger partial charge on any atom is -0.393 e. The Hall–Kier alpha value is -0.630. The molecule has 0 radical (unpaired) electrons. The number of aliphatic hydroxyl groups excluding tert-OH is 1. The highest BCUT2D eigenvalue weighted by molar-refractivity contribution is 6.05. The second kappa shape index (κ2) is 4.06. The maximum atomic E-state index is 12.3. The Kier molecular flexibility index (Phi) is 2.76. The van der Waals surface area contributed by atoms with Crippen LogP contribution in [0, 0.1) is 34.0 Å². The van der Waals surface area contributed by atoms with E-state index >= 15 is 0 Å². The predicted octanol–water partition coefficient (Wildman–Crippen LogP) is 4.13. The number of hydrogen-bond donors (Lipinski definition) is 1. The van der Waals surface area contributed by atoms with Crippen LogP contribution in [0.2, 0.25) is 0 Å². The Labute approximate surface area is 134 Å². The molecule has 122 valence electrons. The van der Waals surface area contributed by atoms with Gasteiger partial charge >= 0.3 is 0 Å². The molecule has 22 heavy (non-hydrogen) atoms. The first-order valence-corrected chi connectivity index (χ1v) is 9.07. The molecule has 1 N–H and O–H groups in total. The molecule has 0 aromatic rings. The van der Waals surface area contributed by atoms with Crippen molar-refractivity contribution in [3.63, 3.8) is 0 Å². The first-order chi connectivity index (χ1) is 10.2. The van der Waals surface area contributed by atoms with Gasteiger partial charge in [-0.2, -0.15) is 0 Å². The molecule has 2 heteroatoms. The summed E-state index contributed by atoms with van der Waals surface area (Å²) >= 11 is 0. The molecule has 3 fully saturated rings. The molecule has 4 aliphatic carbocycles. The molecule has 1 spiro atoms. The standard InChI is InChI=1S/C20H30O2/c1-11-6-7-20-12(2)14(21)8-13(18(20,3)4)9-16(20)19(5)10-15(22)17(11)19/h12-14,16,21H,6-10H2,1-5H3/t12-,13+,14+,16+,19+,20-/m1/s1. The molecule has 3 saturated carbocycles. The zero-order chi connectivity index (χ0) is 16.1. The van der Waals surface area contributed by atoms with Gasteiger partial charge in [0.2, 0.25) is 0 Å². The lowest BCUT2D eigenvalue weighted by molar-refractivity contribution is -0.145. The second-order valence-corrected chi connectivity index (χ2v) is 9.51. The highest BCUT2D eigenvalue weighted by Crippen LogP contribution is 2.76. The van der Waals surface area contributed by atoms with E-state index in [0.29, 0.717) is 23.5 Å². The van der Waals surface area contributed by atoms with Crippen LogP contribution in [-0.4, -0.2) is 17.0 Å². The summed E-state index contributed by atoms with van der Waals surface area (Å²) in [5.41, 5.74) is 3.03. The summed E-state index contributed by atoms with van der Waals surface area (Å²) in [6, 6.07) is 0. The van der Waals surface area contributed by atoms with E-state index in [1.54, 1.807) is 0 Å². The van der Waals surface area contributed by atoms with Crippen LogP contribution in [0.25, 0.3) is 0 Å². The van der Waals surface area contributed by atoms with Gasteiger partial charge in [-0.25, -0.2) is 0 Å². The molecule has 4 rings (SSSR count). The first kappa shape index (κ1) is 14.9. The summed E-state index contributed by atoms with van der Waals surface area (Å²) in [5, 5.41) is 10.7. The largest absolute Gasteiger partial charge is 0.393 e. The van der Waals surface area contributed by atoms with Gasteiger partial charge in [0.05, 0.1) is 6.10 Å². The summed E-state index contributed by atoms with van der Waals surface area (Å²) < 4.78 is 0. The number of ketones is 1. The van der Waals surface area contributed by atoms with Crippen molar-refractivity contribution in [3.05, 3.63) is 11.1 Å². The van der Waals surface area contributed by atoms with Crippen molar-refractivity contribution in [2.24, 2.45) is 34.0 Å². The van der Waals surface area contributed by atoms with Crippen molar-refractivity contribution in [2.75, 3.05) is 0 Å². The number of rotatable bonds is 0. The van der Waals surface area contributed by atoms with Crippen molar-refractivity contribution in [3.8, 4) is 0 Å². The smallest absolute Gasteiger partial charge is 0.160 e. The van der Waals surface area contributed by atoms with E-state index in [2.05, 4.69) is 34.6 Å². The Bertz CT molecular complexity index is 587. The van der Waals surface area contributed by atoms with Crippen LogP contribution in [0.3, 0.4) is 0 Å². The van der Waals surface area contributed by atoms with E-state index in [-0.39, 0.29) is 22.3 Å². The van der Waals surface area contributed by atoms with Crippen molar-refractivity contribution in [1.82, 2.24) is 0 Å². The lowest BCUT2D eigenvalue weighted by atomic mass is 9.45. The third kappa shape index (κ3) is 1.36. The minimum atomic E-state index is -0.163. The van der Waals surface area contributed by atoms with E-state index in [9.17, 15) is 9.90 Å². The molecule has 0 aliphatic heterocycles. The van der Waals surface area contributed by atoms with Gasteiger partial charge < -0.3 is 5.11 Å². The normalized spacial score (nSPS) is 52.7. The van der Waals surface area contributed by atoms with E-state index in [0.717, 1.165) is 25.7 Å². The molecule has 0 heterocycles. The summed E-state index contributed by atoms with van der Waals surface area (Å²) in [4.78, 5) is 12.3. The fourth-order valence-corrected chi connectivity index (χ4v) is 7.57. The van der Waals surface area contributed by atoms with Crippen LogP contribution in [0.1, 0.15) is 66.7 Å². The molecule has 0 aromatic heterocycles. The van der Waals surface area contributed by atoms with Gasteiger partial charge in [0, 0.05) is 17.4 Å². The Morgan fingerprint density at radius 1 is 1.18 bits per heavy atom. The van der Waals surface area contributed by atoms with E-state index < -0.39 is 0 Å². The zero-order valence-corrected chi connectivity index (χ0v) is 14.7. The van der Waals surface area contributed by atoms with E-state index in [1.807, 2.05) is 0 Å². The van der Waals surface area contributed by atoms with Gasteiger partial charge in [-0.15, -0.1) is 0 Å². The van der Waals surface area contributed by atoms with Crippen LogP contribution >= 0.6 is 0 Å². The van der Waals surface area contributed by atoms with Crippen LogP contribution in [0.15, 0.2) is 11.1 Å². The van der Waals surface area contributed by atoms with E-state index in [4.69, 9.17) is 0 Å². The second-order valence-electron chi connectivity index (χ2n) is 9.51. The average molecular weight is 302 g/mol. The van der Waals surface area contributed by atoms with Crippen LogP contribution < -0.4 is 0 Å². The number of fused-ring (bicyclic) bond motifs is 3. The molecule has 0 saturated heterocycles. The third-order valence-electron chi connectivity index (χ3n) is 8.77. The van der Waals surface area contributed by atoms with Gasteiger partial charge in [0.1, 0.15) is 0 Å². The molecule has 6 atom stereocenters. The highest BCUT2D eigenvalue weighted by Gasteiger charge is 2.72. The average Bonchev–Trinajstić information content (AvgIpc) is 2.50. The van der Waals surface area contributed by atoms with Crippen molar-refractivity contribution in [1.29, 1.82) is 0 Å². The third-order valence-corrected chi connectivity index (χ3v) is 8.77. The van der Waals surface area contributed by atoms with Gasteiger partial charge in [0.25, 0.3) is 0 Å². The predicted molar refractivity (Wildman–Crippen MR) is 87.3 cm³/mol. The number of hydrogen-bond acceptors (Lipinski definition) is 2. The Balaban J connectivity index is 1.91. The number of carbonyl (C=O) groups excluding carboxylic acids is 1. The van der Waals surface area contributed by atoms with Gasteiger partial charge in [-0.3, -0.25) is 4.79 Å². The maximum absolute atomic E-state index is 12.3. The van der Waals surface area contributed by atoms with Crippen molar-refractivity contribution >= 4 is 5.78 Å². The first-order valence-electron chi connectivity index (χ1n) is 9.07. The van der Waals surface area contributed by atoms with Gasteiger partial charge in [-0.05, 0) is 61.2 Å². The van der Waals surface area contributed by atoms with Crippen molar-refractivity contribution < 1.29 is 9.90 Å². The van der Waals surface area contributed by atoms with Gasteiger partial charge in [-0.1, -0.05) is 33.3 Å². The van der Waals surface area contributed by atoms with Crippen molar-refractivity contribution in [2.45, 2.75) is 72.8 Å². The molecule has 2 bridgehead atoms. The molecular weight excluding hydrogens is 272 g/mol. The highest BCUT2D eigenvalue weighted by atomic mass is 16.3. The topological polar surface area (TPSA) is 37.3 Å². The molecule has 0 amide bonds. The van der Waals surface area contributed by atoms with Crippen LogP contribution in [0.4, 0.5) is 0 Å². The lowest BCUT2D eigenvalue weighted by Gasteiger charge is -2.59. The number of aliphatic hydroxyl groups is 1. The lowest BCUT2D eigenvalue weighted by Crippen LogP contribution is -2.57. The monoisotopic (exact) mass is 302 g/mol. The molecule has 4 aliphatic rings. The summed E-state index contributed by atoms with van der Waals surface area (Å²) in [6.45, 7) is 11.7. The number of Topliss-reactive ketones (excluding diaryl/α,β-unsaturated/α-hetero) is 1. The maximum Gasteiger partial charge on any atom is 0.160 e. The van der Waals surface area contributed by atoms with Gasteiger partial charge in [0.15, 0.2) is 5.78 Å². The molecule has 0 unspecified atom stereocenters. The number of allylic oxidation sites excluding steroid dienone is 2. The summed E-state index contributed by atoms with van der Waals surface area (Å²) in [7, 11) is 0. The number of carbonyl (C=O) groups is 1. The van der Waals surface area contributed by atoms with E-state index in [1.165, 1.54) is 17.6 Å². The van der Waals surface area contributed by atoms with Crippen LogP contribution in [0.5, 0.6) is 0 Å². The van der Waals surface area contributed by atoms with Crippen LogP contribution in [-0.2, 0) is 4.79 Å². The molecule has 2 nitrogen and oxygen atoms in total. The summed E-state index contributed by atoms with van der Waals surface area (Å²) in [6.07, 6.45) is 4.92. The minimum absolute atomic E-state index is 0.0714. The SMILES string of the molecule is CC1=C2C(=O)C[C@@]2(C)[C@@H]2C[C@@H]3C[C@H](O)[C@@H](C)[C@@]2(CC1)C3(C)C. The fraction of sp³-hybridized carbons (Fsp3) is 0.850. The molecular formula is C20H30O2. The zero-order valence-electron chi connectivity index (χ0n) is 14.7. The Morgan fingerprint density at radius 3 is 2.50 bits per heavy atom. The fourth-order valence-electron chi connectivity index (χ4n) is 7.57.